The van der Waals surface area contributed by atoms with Crippen molar-refractivity contribution in [2.75, 3.05) is 38.1 Å². The molecule has 3 heterocycles. The molecule has 2 aromatic heterocycles. The van der Waals surface area contributed by atoms with Crippen LogP contribution in [0.4, 0.5) is 5.82 Å². The maximum absolute atomic E-state index is 6.17. The van der Waals surface area contributed by atoms with Crippen LogP contribution >= 0.6 is 11.6 Å². The predicted molar refractivity (Wildman–Crippen MR) is 70.2 cm³/mol. The molecule has 0 spiro atoms. The molecule has 96 valence electrons. The van der Waals surface area contributed by atoms with Crippen molar-refractivity contribution in [2.45, 2.75) is 6.92 Å². The van der Waals surface area contributed by atoms with Crippen molar-refractivity contribution < 1.29 is 0 Å². The van der Waals surface area contributed by atoms with Gasteiger partial charge in [-0.2, -0.15) is 19.6 Å². The van der Waals surface area contributed by atoms with E-state index < -0.39 is 0 Å². The Morgan fingerprint density at radius 2 is 1.94 bits per heavy atom. The van der Waals surface area contributed by atoms with Crippen molar-refractivity contribution in [3.63, 3.8) is 0 Å². The van der Waals surface area contributed by atoms with Crippen LogP contribution in [-0.4, -0.2) is 57.7 Å². The van der Waals surface area contributed by atoms with Gasteiger partial charge in [0.05, 0.1) is 0 Å². The average Bonchev–Trinajstić information content (AvgIpc) is 2.80. The summed E-state index contributed by atoms with van der Waals surface area (Å²) in [4.78, 5) is 12.9. The van der Waals surface area contributed by atoms with Crippen molar-refractivity contribution in [3.8, 4) is 0 Å². The topological polar surface area (TPSA) is 49.6 Å². The molecule has 0 radical (unpaired) electrons. The molecule has 0 saturated carbocycles. The number of rotatable bonds is 1. The maximum atomic E-state index is 6.17. The minimum absolute atomic E-state index is 0.504. The van der Waals surface area contributed by atoms with Gasteiger partial charge in [-0.15, -0.1) is 0 Å². The first-order chi connectivity index (χ1) is 8.66. The smallest absolute Gasteiger partial charge is 0.255 e. The van der Waals surface area contributed by atoms with Crippen LogP contribution in [0.2, 0.25) is 5.15 Å². The molecule has 0 unspecified atom stereocenters. The Labute approximate surface area is 110 Å². The SMILES string of the molecule is Cc1c(Cl)nc2ncnn2c1N1CCN(C)CC1. The van der Waals surface area contributed by atoms with E-state index in [1.165, 1.54) is 6.33 Å². The van der Waals surface area contributed by atoms with E-state index in [1.54, 1.807) is 4.52 Å². The molecular formula is C11H15ClN6. The molecule has 1 saturated heterocycles. The van der Waals surface area contributed by atoms with E-state index >= 15 is 0 Å². The van der Waals surface area contributed by atoms with E-state index in [0.717, 1.165) is 37.6 Å². The highest BCUT2D eigenvalue weighted by molar-refractivity contribution is 6.30. The molecule has 0 bridgehead atoms. The van der Waals surface area contributed by atoms with Crippen LogP contribution in [-0.2, 0) is 0 Å². The third-order valence-corrected chi connectivity index (χ3v) is 3.74. The predicted octanol–water partition coefficient (Wildman–Crippen LogP) is 0.838. The molecule has 3 rings (SSSR count). The Hall–Kier alpha value is -1.40. The number of hydrogen-bond donors (Lipinski definition) is 0. The van der Waals surface area contributed by atoms with Gasteiger partial charge in [0.25, 0.3) is 5.78 Å². The second-order valence-corrected chi connectivity index (χ2v) is 4.97. The fourth-order valence-electron chi connectivity index (χ4n) is 2.27. The number of hydrogen-bond acceptors (Lipinski definition) is 5. The lowest BCUT2D eigenvalue weighted by molar-refractivity contribution is 0.311. The molecule has 2 aromatic rings. The number of nitrogens with zero attached hydrogens (tertiary/aromatic N) is 6. The van der Waals surface area contributed by atoms with Crippen molar-refractivity contribution >= 4 is 23.2 Å². The van der Waals surface area contributed by atoms with E-state index in [9.17, 15) is 0 Å². The number of likely N-dealkylation sites (N-methyl/N-ethyl adjacent to an activating group) is 1. The van der Waals surface area contributed by atoms with Gasteiger partial charge in [0.15, 0.2) is 0 Å². The van der Waals surface area contributed by atoms with Crippen LogP contribution in [0, 0.1) is 6.92 Å². The Bertz CT molecular complexity index is 572. The summed E-state index contributed by atoms with van der Waals surface area (Å²) >= 11 is 6.17. The Kier molecular flexibility index (Phi) is 2.83. The zero-order chi connectivity index (χ0) is 12.7. The summed E-state index contributed by atoms with van der Waals surface area (Å²) < 4.78 is 1.77. The van der Waals surface area contributed by atoms with Gasteiger partial charge in [0.1, 0.15) is 17.3 Å². The van der Waals surface area contributed by atoms with Crippen LogP contribution in [0.25, 0.3) is 5.78 Å². The number of halogens is 1. The molecule has 0 aliphatic carbocycles. The average molecular weight is 267 g/mol. The lowest BCUT2D eigenvalue weighted by Gasteiger charge is -2.34. The number of piperazine rings is 1. The summed E-state index contributed by atoms with van der Waals surface area (Å²) in [6, 6.07) is 0. The van der Waals surface area contributed by atoms with E-state index in [1.807, 2.05) is 6.92 Å². The lowest BCUT2D eigenvalue weighted by Crippen LogP contribution is -2.45. The molecule has 1 aliphatic rings. The van der Waals surface area contributed by atoms with Crippen LogP contribution < -0.4 is 4.90 Å². The van der Waals surface area contributed by atoms with Crippen molar-refractivity contribution in [1.29, 1.82) is 0 Å². The molecule has 18 heavy (non-hydrogen) atoms. The van der Waals surface area contributed by atoms with Gasteiger partial charge in [0, 0.05) is 31.7 Å². The lowest BCUT2D eigenvalue weighted by atomic mass is 10.2. The summed E-state index contributed by atoms with van der Waals surface area (Å²) in [6.07, 6.45) is 1.51. The third kappa shape index (κ3) is 1.81. The molecule has 7 heteroatoms. The Morgan fingerprint density at radius 3 is 2.67 bits per heavy atom. The fourth-order valence-corrected chi connectivity index (χ4v) is 2.43. The summed E-state index contributed by atoms with van der Waals surface area (Å²) in [5.74, 6) is 1.56. The minimum atomic E-state index is 0.504. The Balaban J connectivity index is 2.09. The van der Waals surface area contributed by atoms with Gasteiger partial charge >= 0.3 is 0 Å². The van der Waals surface area contributed by atoms with Gasteiger partial charge in [-0.3, -0.25) is 0 Å². The molecule has 6 nitrogen and oxygen atoms in total. The first-order valence-corrected chi connectivity index (χ1v) is 6.34. The molecule has 0 N–H and O–H groups in total. The maximum Gasteiger partial charge on any atom is 0.255 e. The summed E-state index contributed by atoms with van der Waals surface area (Å²) in [7, 11) is 2.13. The highest BCUT2D eigenvalue weighted by Gasteiger charge is 2.21. The fraction of sp³-hybridized carbons (Fsp3) is 0.545. The molecular weight excluding hydrogens is 252 g/mol. The van der Waals surface area contributed by atoms with Crippen molar-refractivity contribution in [1.82, 2.24) is 24.5 Å². The van der Waals surface area contributed by atoms with Gasteiger partial charge in [-0.25, -0.2) is 0 Å². The van der Waals surface area contributed by atoms with Gasteiger partial charge in [0.2, 0.25) is 0 Å². The highest BCUT2D eigenvalue weighted by Crippen LogP contribution is 2.26. The molecule has 0 aromatic carbocycles. The van der Waals surface area contributed by atoms with E-state index in [2.05, 4.69) is 31.9 Å². The zero-order valence-corrected chi connectivity index (χ0v) is 11.2. The molecule has 0 amide bonds. The minimum Gasteiger partial charge on any atom is -0.354 e. The normalized spacial score (nSPS) is 17.6. The number of fused-ring (bicyclic) bond motifs is 1. The van der Waals surface area contributed by atoms with Crippen molar-refractivity contribution in [2.24, 2.45) is 0 Å². The first kappa shape index (κ1) is 11.7. The first-order valence-electron chi connectivity index (χ1n) is 5.96. The van der Waals surface area contributed by atoms with E-state index in [4.69, 9.17) is 11.6 Å². The van der Waals surface area contributed by atoms with Crippen LogP contribution in [0.5, 0.6) is 0 Å². The molecule has 0 atom stereocenters. The van der Waals surface area contributed by atoms with E-state index in [0.29, 0.717) is 10.9 Å². The second-order valence-electron chi connectivity index (χ2n) is 4.61. The highest BCUT2D eigenvalue weighted by atomic mass is 35.5. The number of anilines is 1. The zero-order valence-electron chi connectivity index (χ0n) is 10.5. The summed E-state index contributed by atoms with van der Waals surface area (Å²) in [5, 5.41) is 4.75. The monoisotopic (exact) mass is 266 g/mol. The van der Waals surface area contributed by atoms with Gasteiger partial charge in [-0.05, 0) is 14.0 Å². The standard InChI is InChI=1S/C11H15ClN6/c1-8-9(12)15-11-13-7-14-18(11)10(8)17-5-3-16(2)4-6-17/h7H,3-6H2,1-2H3. The van der Waals surface area contributed by atoms with Crippen LogP contribution in [0.1, 0.15) is 5.56 Å². The number of aromatic nitrogens is 4. The molecule has 1 fully saturated rings. The molecule has 1 aliphatic heterocycles. The van der Waals surface area contributed by atoms with Gasteiger partial charge in [-0.1, -0.05) is 11.6 Å². The summed E-state index contributed by atoms with van der Waals surface area (Å²) in [6.45, 7) is 5.98. The van der Waals surface area contributed by atoms with Crippen LogP contribution in [0.3, 0.4) is 0 Å². The van der Waals surface area contributed by atoms with Crippen molar-refractivity contribution in [3.05, 3.63) is 17.0 Å². The van der Waals surface area contributed by atoms with E-state index in [-0.39, 0.29) is 0 Å². The summed E-state index contributed by atoms with van der Waals surface area (Å²) in [5.41, 5.74) is 0.958. The quantitative estimate of drug-likeness (QED) is 0.716. The second kappa shape index (κ2) is 4.37. The largest absolute Gasteiger partial charge is 0.354 e. The Morgan fingerprint density at radius 1 is 1.22 bits per heavy atom. The van der Waals surface area contributed by atoms with Gasteiger partial charge < -0.3 is 9.80 Å². The third-order valence-electron chi connectivity index (χ3n) is 3.38. The van der Waals surface area contributed by atoms with Crippen LogP contribution in [0.15, 0.2) is 6.33 Å².